The zero-order chi connectivity index (χ0) is 26.5. The van der Waals surface area contributed by atoms with Crippen LogP contribution in [0, 0.1) is 0 Å². The van der Waals surface area contributed by atoms with Gasteiger partial charge in [0.05, 0.1) is 16.9 Å². The van der Waals surface area contributed by atoms with Gasteiger partial charge in [0.25, 0.3) is 0 Å². The van der Waals surface area contributed by atoms with Crippen LogP contribution in [0.15, 0.2) is 70.5 Å². The van der Waals surface area contributed by atoms with Crippen LogP contribution >= 0.6 is 23.2 Å². The summed E-state index contributed by atoms with van der Waals surface area (Å²) in [6.45, 7) is -0.0224. The number of methoxy groups -OCH3 is 1. The van der Waals surface area contributed by atoms with E-state index in [1.54, 1.807) is 6.08 Å². The third-order valence-corrected chi connectivity index (χ3v) is 10.4. The van der Waals surface area contributed by atoms with Gasteiger partial charge in [-0.1, -0.05) is 35.4 Å². The minimum absolute atomic E-state index is 0.0224. The summed E-state index contributed by atoms with van der Waals surface area (Å²) in [5.74, 6) is -0.315. The predicted molar refractivity (Wildman–Crippen MR) is 139 cm³/mol. The second-order valence-electron chi connectivity index (χ2n) is 8.36. The molecule has 0 saturated carbocycles. The van der Waals surface area contributed by atoms with Gasteiger partial charge < -0.3 is 4.74 Å². The number of rotatable bonds is 10. The SMILES string of the molecule is COC(=O)CCCC=C[C@@H]1C[C@@H](N(C)S(=O)(=O)c2ccc(Cl)cc2)CN1S(=O)(=O)c1ccc(Cl)cc1. The van der Waals surface area contributed by atoms with Gasteiger partial charge in [-0.05, 0) is 67.8 Å². The van der Waals surface area contributed by atoms with Gasteiger partial charge in [0.15, 0.2) is 0 Å². The average molecular weight is 576 g/mol. The smallest absolute Gasteiger partial charge is 0.305 e. The van der Waals surface area contributed by atoms with Crippen molar-refractivity contribution in [2.45, 2.75) is 47.6 Å². The standard InChI is InChI=1S/C24H28Cl2N2O6S2/c1-27(35(30,31)22-12-8-18(25)9-13-22)21-16-20(6-4-3-5-7-24(29)34-2)28(17-21)36(32,33)23-14-10-19(26)11-15-23/h4,6,8-15,20-21H,3,5,7,16-17H2,1-2H3/t20-,21-/m1/s1. The Morgan fingerprint density at radius 3 is 2.14 bits per heavy atom. The lowest BCUT2D eigenvalue weighted by Gasteiger charge is -2.24. The third kappa shape index (κ3) is 6.67. The van der Waals surface area contributed by atoms with Gasteiger partial charge in [-0.15, -0.1) is 0 Å². The Hall–Kier alpha value is -1.95. The monoisotopic (exact) mass is 574 g/mol. The minimum Gasteiger partial charge on any atom is -0.469 e. The van der Waals surface area contributed by atoms with Gasteiger partial charge in [0, 0.05) is 42.1 Å². The van der Waals surface area contributed by atoms with Crippen LogP contribution in [-0.2, 0) is 29.6 Å². The number of unbranched alkanes of at least 4 members (excludes halogenated alkanes) is 1. The number of sulfonamides is 2. The summed E-state index contributed by atoms with van der Waals surface area (Å²) in [7, 11) is -5.05. The maximum absolute atomic E-state index is 13.5. The zero-order valence-corrected chi connectivity index (χ0v) is 23.0. The van der Waals surface area contributed by atoms with E-state index < -0.39 is 32.1 Å². The number of esters is 1. The Kier molecular flexibility index (Phi) is 9.59. The highest BCUT2D eigenvalue weighted by Gasteiger charge is 2.43. The summed E-state index contributed by atoms with van der Waals surface area (Å²) in [5.41, 5.74) is 0. The number of nitrogens with zero attached hydrogens (tertiary/aromatic N) is 2. The van der Waals surface area contributed by atoms with Crippen molar-refractivity contribution in [2.75, 3.05) is 20.7 Å². The Balaban J connectivity index is 1.86. The van der Waals surface area contributed by atoms with E-state index in [-0.39, 0.29) is 35.1 Å². The molecule has 3 rings (SSSR count). The van der Waals surface area contributed by atoms with Crippen LogP contribution in [0.4, 0.5) is 0 Å². The number of halogens is 2. The molecule has 8 nitrogen and oxygen atoms in total. The summed E-state index contributed by atoms with van der Waals surface area (Å²) >= 11 is 11.8. The molecule has 12 heteroatoms. The summed E-state index contributed by atoms with van der Waals surface area (Å²) in [4.78, 5) is 11.5. The molecule has 1 fully saturated rings. The van der Waals surface area contributed by atoms with Crippen molar-refractivity contribution in [3.63, 3.8) is 0 Å². The summed E-state index contributed by atoms with van der Waals surface area (Å²) in [6.07, 6.45) is 5.19. The number of hydrogen-bond acceptors (Lipinski definition) is 6. The molecule has 1 aliphatic heterocycles. The third-order valence-electron chi connectivity index (χ3n) is 6.04. The number of ether oxygens (including phenoxy) is 1. The Morgan fingerprint density at radius 1 is 1.03 bits per heavy atom. The molecular formula is C24H28Cl2N2O6S2. The summed E-state index contributed by atoms with van der Waals surface area (Å²) in [6, 6.07) is 10.5. The molecule has 196 valence electrons. The topological polar surface area (TPSA) is 101 Å². The molecular weight excluding hydrogens is 547 g/mol. The van der Waals surface area contributed by atoms with Crippen LogP contribution in [0.25, 0.3) is 0 Å². The molecule has 36 heavy (non-hydrogen) atoms. The van der Waals surface area contributed by atoms with Crippen molar-refractivity contribution >= 4 is 49.2 Å². The maximum Gasteiger partial charge on any atom is 0.305 e. The van der Waals surface area contributed by atoms with Crippen LogP contribution in [0.3, 0.4) is 0 Å². The van der Waals surface area contributed by atoms with Crippen molar-refractivity contribution in [1.82, 2.24) is 8.61 Å². The van der Waals surface area contributed by atoms with Gasteiger partial charge >= 0.3 is 5.97 Å². The highest BCUT2D eigenvalue weighted by Crippen LogP contribution is 2.32. The van der Waals surface area contributed by atoms with Gasteiger partial charge in [-0.3, -0.25) is 4.79 Å². The van der Waals surface area contributed by atoms with Gasteiger partial charge in [0.2, 0.25) is 20.0 Å². The molecule has 0 unspecified atom stereocenters. The van der Waals surface area contributed by atoms with Crippen LogP contribution in [0.5, 0.6) is 0 Å². The predicted octanol–water partition coefficient (Wildman–Crippen LogP) is 4.35. The molecule has 2 aromatic carbocycles. The minimum atomic E-state index is -3.94. The summed E-state index contributed by atoms with van der Waals surface area (Å²) < 4.78 is 60.6. The fourth-order valence-electron chi connectivity index (χ4n) is 3.96. The van der Waals surface area contributed by atoms with E-state index in [2.05, 4.69) is 4.74 Å². The first-order valence-corrected chi connectivity index (χ1v) is 14.8. The van der Waals surface area contributed by atoms with E-state index in [1.807, 2.05) is 6.08 Å². The van der Waals surface area contributed by atoms with E-state index in [1.165, 1.54) is 71.3 Å². The van der Waals surface area contributed by atoms with Crippen molar-refractivity contribution in [3.8, 4) is 0 Å². The fraction of sp³-hybridized carbons (Fsp3) is 0.375. The molecule has 0 spiro atoms. The molecule has 0 aliphatic carbocycles. The first-order chi connectivity index (χ1) is 17.0. The van der Waals surface area contributed by atoms with Crippen LogP contribution < -0.4 is 0 Å². The van der Waals surface area contributed by atoms with Gasteiger partial charge in [-0.25, -0.2) is 16.8 Å². The van der Waals surface area contributed by atoms with Crippen molar-refractivity contribution < 1.29 is 26.4 Å². The number of allylic oxidation sites excluding steroid dienone is 1. The number of benzene rings is 2. The Morgan fingerprint density at radius 2 is 1.58 bits per heavy atom. The first kappa shape index (κ1) is 28.6. The highest BCUT2D eigenvalue weighted by atomic mass is 35.5. The van der Waals surface area contributed by atoms with Crippen LogP contribution in [0.1, 0.15) is 25.7 Å². The molecule has 1 aliphatic rings. The second-order valence-corrected chi connectivity index (χ2v) is 13.1. The molecule has 1 saturated heterocycles. The lowest BCUT2D eigenvalue weighted by atomic mass is 10.1. The molecule has 0 amide bonds. The highest BCUT2D eigenvalue weighted by molar-refractivity contribution is 7.89. The van der Waals surface area contributed by atoms with Gasteiger partial charge in [-0.2, -0.15) is 8.61 Å². The number of hydrogen-bond donors (Lipinski definition) is 0. The zero-order valence-electron chi connectivity index (χ0n) is 19.9. The van der Waals surface area contributed by atoms with Crippen molar-refractivity contribution in [2.24, 2.45) is 0 Å². The quantitative estimate of drug-likeness (QED) is 0.237. The van der Waals surface area contributed by atoms with Gasteiger partial charge in [0.1, 0.15) is 0 Å². The molecule has 1 heterocycles. The molecule has 0 bridgehead atoms. The average Bonchev–Trinajstić information content (AvgIpc) is 3.28. The van der Waals surface area contributed by atoms with E-state index in [0.29, 0.717) is 22.9 Å². The number of carbonyl (C=O) groups is 1. The van der Waals surface area contributed by atoms with E-state index in [9.17, 15) is 21.6 Å². The Bertz CT molecular complexity index is 1300. The molecule has 2 aromatic rings. The molecule has 0 radical (unpaired) electrons. The normalized spacial score (nSPS) is 19.2. The van der Waals surface area contributed by atoms with E-state index in [4.69, 9.17) is 23.2 Å². The molecule has 2 atom stereocenters. The molecule has 0 aromatic heterocycles. The fourth-order valence-corrected chi connectivity index (χ4v) is 7.20. The number of carbonyl (C=O) groups excluding carboxylic acids is 1. The van der Waals surface area contributed by atoms with Crippen LogP contribution in [-0.4, -0.2) is 64.2 Å². The largest absolute Gasteiger partial charge is 0.469 e. The van der Waals surface area contributed by atoms with Crippen LogP contribution in [0.2, 0.25) is 10.0 Å². The Labute approximate surface area is 222 Å². The first-order valence-electron chi connectivity index (χ1n) is 11.2. The van der Waals surface area contributed by atoms with E-state index >= 15 is 0 Å². The van der Waals surface area contributed by atoms with E-state index in [0.717, 1.165) is 0 Å². The lowest BCUT2D eigenvalue weighted by molar-refractivity contribution is -0.140. The van der Waals surface area contributed by atoms with Crippen molar-refractivity contribution in [3.05, 3.63) is 70.7 Å². The van der Waals surface area contributed by atoms with Crippen molar-refractivity contribution in [1.29, 1.82) is 0 Å². The summed E-state index contributed by atoms with van der Waals surface area (Å²) in [5, 5.41) is 0.819. The molecule has 0 N–H and O–H groups in total. The second kappa shape index (κ2) is 12.1. The maximum atomic E-state index is 13.5. The number of likely N-dealkylation sites (N-methyl/N-ethyl adjacent to an activating group) is 1. The lowest BCUT2D eigenvalue weighted by Crippen LogP contribution is -2.40.